The van der Waals surface area contributed by atoms with Crippen LogP contribution in [0.2, 0.25) is 0 Å². The van der Waals surface area contributed by atoms with E-state index in [2.05, 4.69) is 47.6 Å². The Morgan fingerprint density at radius 1 is 1.25 bits per heavy atom. The van der Waals surface area contributed by atoms with Gasteiger partial charge in [0.25, 0.3) is 0 Å². The summed E-state index contributed by atoms with van der Waals surface area (Å²) < 4.78 is 0. The Kier molecular flexibility index (Phi) is 3.70. The lowest BCUT2D eigenvalue weighted by Gasteiger charge is -2.23. The first-order valence-electron chi connectivity index (χ1n) is 7.20. The van der Waals surface area contributed by atoms with Crippen LogP contribution >= 0.6 is 0 Å². The monoisotopic (exact) mass is 268 g/mol. The first-order valence-corrected chi connectivity index (χ1v) is 7.20. The lowest BCUT2D eigenvalue weighted by Crippen LogP contribution is -2.23. The Hall–Kier alpha value is -1.87. The summed E-state index contributed by atoms with van der Waals surface area (Å²) >= 11 is 0. The lowest BCUT2D eigenvalue weighted by molar-refractivity contribution is -0.116. The maximum atomic E-state index is 11.7. The van der Waals surface area contributed by atoms with Gasteiger partial charge in [0.2, 0.25) is 5.91 Å². The summed E-state index contributed by atoms with van der Waals surface area (Å²) in [5, 5.41) is 2.87. The van der Waals surface area contributed by atoms with Crippen molar-refractivity contribution < 1.29 is 4.79 Å². The zero-order chi connectivity index (χ0) is 13.9. The summed E-state index contributed by atoms with van der Waals surface area (Å²) in [6, 6.07) is 8.38. The molecule has 104 valence electrons. The van der Waals surface area contributed by atoms with Crippen molar-refractivity contribution in [3.05, 3.63) is 47.0 Å². The van der Waals surface area contributed by atoms with Gasteiger partial charge in [0.15, 0.2) is 0 Å². The van der Waals surface area contributed by atoms with E-state index in [-0.39, 0.29) is 5.91 Å². The van der Waals surface area contributed by atoms with Crippen molar-refractivity contribution in [2.45, 2.75) is 12.8 Å². The SMILES string of the molecule is CN1CC=C(c2ccccc2C=C2CCNC2=O)CC1. The van der Waals surface area contributed by atoms with Crippen LogP contribution in [-0.2, 0) is 4.79 Å². The molecule has 2 aliphatic rings. The molecule has 2 heterocycles. The Balaban J connectivity index is 1.95. The van der Waals surface area contributed by atoms with E-state index >= 15 is 0 Å². The molecule has 1 N–H and O–H groups in total. The minimum atomic E-state index is 0.0807. The summed E-state index contributed by atoms with van der Waals surface area (Å²) in [6.45, 7) is 2.86. The third kappa shape index (κ3) is 2.68. The first-order chi connectivity index (χ1) is 9.74. The summed E-state index contributed by atoms with van der Waals surface area (Å²) in [7, 11) is 2.14. The van der Waals surface area contributed by atoms with Crippen LogP contribution in [0.5, 0.6) is 0 Å². The van der Waals surface area contributed by atoms with Gasteiger partial charge in [-0.3, -0.25) is 4.79 Å². The van der Waals surface area contributed by atoms with E-state index in [0.717, 1.165) is 43.6 Å². The summed E-state index contributed by atoms with van der Waals surface area (Å²) in [6.07, 6.45) is 6.25. The van der Waals surface area contributed by atoms with Gasteiger partial charge in [-0.1, -0.05) is 30.3 Å². The van der Waals surface area contributed by atoms with Crippen molar-refractivity contribution >= 4 is 17.6 Å². The van der Waals surface area contributed by atoms with Crippen molar-refractivity contribution in [2.75, 3.05) is 26.7 Å². The Morgan fingerprint density at radius 3 is 2.80 bits per heavy atom. The maximum absolute atomic E-state index is 11.7. The molecule has 20 heavy (non-hydrogen) atoms. The van der Waals surface area contributed by atoms with Crippen LogP contribution in [-0.4, -0.2) is 37.5 Å². The molecule has 3 rings (SSSR count). The molecule has 0 spiro atoms. The van der Waals surface area contributed by atoms with E-state index in [0.29, 0.717) is 0 Å². The topological polar surface area (TPSA) is 32.3 Å². The van der Waals surface area contributed by atoms with E-state index in [1.807, 2.05) is 6.07 Å². The Morgan fingerprint density at radius 2 is 2.10 bits per heavy atom. The van der Waals surface area contributed by atoms with Gasteiger partial charge in [0.1, 0.15) is 0 Å². The molecule has 0 aromatic heterocycles. The highest BCUT2D eigenvalue weighted by molar-refractivity contribution is 6.00. The number of hydrogen-bond acceptors (Lipinski definition) is 2. The number of nitrogens with zero attached hydrogens (tertiary/aromatic N) is 1. The molecule has 1 fully saturated rings. The minimum absolute atomic E-state index is 0.0807. The Labute approximate surface area is 120 Å². The fourth-order valence-corrected chi connectivity index (χ4v) is 2.79. The number of amides is 1. The Bertz CT molecular complexity index is 586. The van der Waals surface area contributed by atoms with Crippen molar-refractivity contribution in [3.8, 4) is 0 Å². The lowest BCUT2D eigenvalue weighted by atomic mass is 9.94. The van der Waals surface area contributed by atoms with Crippen molar-refractivity contribution in [1.82, 2.24) is 10.2 Å². The quantitative estimate of drug-likeness (QED) is 0.835. The predicted molar refractivity (Wildman–Crippen MR) is 82.1 cm³/mol. The molecule has 0 saturated carbocycles. The van der Waals surface area contributed by atoms with Crippen LogP contribution in [0, 0.1) is 0 Å². The molecule has 1 amide bonds. The standard InChI is InChI=1S/C17H20N2O/c1-19-10-7-13(8-11-19)16-5-3-2-4-14(16)12-15-6-9-18-17(15)20/h2-5,7,12H,6,8-11H2,1H3,(H,18,20). The van der Waals surface area contributed by atoms with Gasteiger partial charge >= 0.3 is 0 Å². The summed E-state index contributed by atoms with van der Waals surface area (Å²) in [4.78, 5) is 14.0. The second kappa shape index (κ2) is 5.63. The average Bonchev–Trinajstić information content (AvgIpc) is 2.86. The second-order valence-corrected chi connectivity index (χ2v) is 5.50. The highest BCUT2D eigenvalue weighted by atomic mass is 16.1. The predicted octanol–water partition coefficient (Wildman–Crippen LogP) is 2.31. The highest BCUT2D eigenvalue weighted by Crippen LogP contribution is 2.27. The van der Waals surface area contributed by atoms with Gasteiger partial charge < -0.3 is 10.2 Å². The van der Waals surface area contributed by atoms with Crippen LogP contribution in [0.15, 0.2) is 35.9 Å². The highest BCUT2D eigenvalue weighted by Gasteiger charge is 2.17. The van der Waals surface area contributed by atoms with Crippen LogP contribution in [0.25, 0.3) is 11.6 Å². The summed E-state index contributed by atoms with van der Waals surface area (Å²) in [5.74, 6) is 0.0807. The molecule has 1 aromatic rings. The third-order valence-electron chi connectivity index (χ3n) is 4.02. The molecule has 3 nitrogen and oxygen atoms in total. The fourth-order valence-electron chi connectivity index (χ4n) is 2.79. The number of benzene rings is 1. The first kappa shape index (κ1) is 13.1. The molecule has 3 heteroatoms. The van der Waals surface area contributed by atoms with Gasteiger partial charge in [-0.15, -0.1) is 0 Å². The second-order valence-electron chi connectivity index (χ2n) is 5.50. The average molecular weight is 268 g/mol. The van der Waals surface area contributed by atoms with Crippen molar-refractivity contribution in [3.63, 3.8) is 0 Å². The summed E-state index contributed by atoms with van der Waals surface area (Å²) in [5.41, 5.74) is 4.73. The van der Waals surface area contributed by atoms with E-state index in [9.17, 15) is 4.79 Å². The zero-order valence-electron chi connectivity index (χ0n) is 11.9. The van der Waals surface area contributed by atoms with Crippen LogP contribution in [0.1, 0.15) is 24.0 Å². The zero-order valence-corrected chi connectivity index (χ0v) is 11.9. The fraction of sp³-hybridized carbons (Fsp3) is 0.353. The molecule has 0 atom stereocenters. The van der Waals surface area contributed by atoms with Crippen molar-refractivity contribution in [1.29, 1.82) is 0 Å². The van der Waals surface area contributed by atoms with Crippen LogP contribution < -0.4 is 5.32 Å². The minimum Gasteiger partial charge on any atom is -0.352 e. The van der Waals surface area contributed by atoms with Gasteiger partial charge in [0.05, 0.1) is 0 Å². The number of carbonyl (C=O) groups is 1. The molecular weight excluding hydrogens is 248 g/mol. The van der Waals surface area contributed by atoms with Crippen molar-refractivity contribution in [2.24, 2.45) is 0 Å². The van der Waals surface area contributed by atoms with E-state index in [4.69, 9.17) is 0 Å². The van der Waals surface area contributed by atoms with Crippen LogP contribution in [0.4, 0.5) is 0 Å². The van der Waals surface area contributed by atoms with E-state index in [1.165, 1.54) is 11.1 Å². The van der Waals surface area contributed by atoms with Crippen LogP contribution in [0.3, 0.4) is 0 Å². The molecule has 0 aliphatic carbocycles. The number of rotatable bonds is 2. The molecule has 0 bridgehead atoms. The number of nitrogens with one attached hydrogen (secondary N) is 1. The van der Waals surface area contributed by atoms with Gasteiger partial charge in [-0.25, -0.2) is 0 Å². The smallest absolute Gasteiger partial charge is 0.247 e. The number of carbonyl (C=O) groups excluding carboxylic acids is 1. The number of hydrogen-bond donors (Lipinski definition) is 1. The van der Waals surface area contributed by atoms with Gasteiger partial charge in [0, 0.05) is 25.2 Å². The van der Waals surface area contributed by atoms with E-state index < -0.39 is 0 Å². The molecule has 2 aliphatic heterocycles. The molecular formula is C17H20N2O. The maximum Gasteiger partial charge on any atom is 0.247 e. The molecule has 1 aromatic carbocycles. The van der Waals surface area contributed by atoms with Gasteiger partial charge in [-0.2, -0.15) is 0 Å². The normalized spacial score (nSPS) is 21.9. The molecule has 0 radical (unpaired) electrons. The molecule has 1 saturated heterocycles. The molecule has 0 unspecified atom stereocenters. The number of likely N-dealkylation sites (N-methyl/N-ethyl adjacent to an activating group) is 1. The third-order valence-corrected chi connectivity index (χ3v) is 4.02. The largest absolute Gasteiger partial charge is 0.352 e. The van der Waals surface area contributed by atoms with E-state index in [1.54, 1.807) is 0 Å². The van der Waals surface area contributed by atoms with Gasteiger partial charge in [-0.05, 0) is 42.7 Å².